The second-order valence-electron chi connectivity index (χ2n) is 8.08. The van der Waals surface area contributed by atoms with Crippen molar-refractivity contribution in [1.29, 1.82) is 0 Å². The molecule has 3 aromatic rings. The predicted octanol–water partition coefficient (Wildman–Crippen LogP) is 3.10. The second-order valence-corrected chi connectivity index (χ2v) is 8.08. The number of para-hydroxylation sites is 1. The molecular weight excluding hydrogens is 448 g/mol. The molecule has 35 heavy (non-hydrogen) atoms. The Morgan fingerprint density at radius 3 is 2.46 bits per heavy atom. The molecule has 1 amide bonds. The van der Waals surface area contributed by atoms with Gasteiger partial charge in [0.1, 0.15) is 17.3 Å². The van der Waals surface area contributed by atoms with Crippen LogP contribution >= 0.6 is 0 Å². The Kier molecular flexibility index (Phi) is 8.72. The van der Waals surface area contributed by atoms with Crippen LogP contribution in [0.2, 0.25) is 0 Å². The number of ether oxygens (including phenoxy) is 2. The molecule has 0 spiro atoms. The van der Waals surface area contributed by atoms with Gasteiger partial charge in [-0.05, 0) is 36.6 Å². The molecule has 2 aromatic carbocycles. The maximum Gasteiger partial charge on any atom is 0.330 e. The predicted molar refractivity (Wildman–Crippen MR) is 136 cm³/mol. The summed E-state index contributed by atoms with van der Waals surface area (Å²) in [6.07, 6.45) is 2.41. The van der Waals surface area contributed by atoms with Crippen LogP contribution in [0.4, 0.5) is 11.5 Å². The molecule has 0 aliphatic heterocycles. The van der Waals surface area contributed by atoms with E-state index in [1.807, 2.05) is 31.2 Å². The van der Waals surface area contributed by atoms with Crippen LogP contribution in [-0.2, 0) is 24.3 Å². The molecule has 0 saturated carbocycles. The number of hydrogen-bond acceptors (Lipinski definition) is 6. The van der Waals surface area contributed by atoms with Gasteiger partial charge in [0.2, 0.25) is 0 Å². The van der Waals surface area contributed by atoms with E-state index >= 15 is 0 Å². The van der Waals surface area contributed by atoms with Crippen LogP contribution in [0.25, 0.3) is 0 Å². The summed E-state index contributed by atoms with van der Waals surface area (Å²) in [6, 6.07) is 14.6. The van der Waals surface area contributed by atoms with E-state index in [0.29, 0.717) is 30.0 Å². The molecule has 1 aromatic heterocycles. The lowest BCUT2D eigenvalue weighted by Crippen LogP contribution is -2.42. The highest BCUT2D eigenvalue weighted by Gasteiger charge is 2.26. The van der Waals surface area contributed by atoms with E-state index in [9.17, 15) is 14.4 Å². The minimum Gasteiger partial charge on any atom is -0.496 e. The summed E-state index contributed by atoms with van der Waals surface area (Å²) < 4.78 is 12.4. The van der Waals surface area contributed by atoms with Gasteiger partial charge in [-0.1, -0.05) is 50.6 Å². The van der Waals surface area contributed by atoms with Crippen molar-refractivity contribution in [3.63, 3.8) is 0 Å². The maximum atomic E-state index is 13.4. The smallest absolute Gasteiger partial charge is 0.330 e. The Bertz CT molecular complexity index is 1260. The fourth-order valence-electron chi connectivity index (χ4n) is 3.72. The molecule has 1 heterocycles. The van der Waals surface area contributed by atoms with E-state index in [-0.39, 0.29) is 24.7 Å². The summed E-state index contributed by atoms with van der Waals surface area (Å²) in [5.41, 5.74) is 6.68. The molecule has 0 radical (unpaired) electrons. The van der Waals surface area contributed by atoms with Crippen LogP contribution in [0.5, 0.6) is 11.5 Å². The Morgan fingerprint density at radius 2 is 1.80 bits per heavy atom. The van der Waals surface area contributed by atoms with Crippen molar-refractivity contribution in [2.24, 2.45) is 0 Å². The number of aryl methyl sites for hydroxylation is 1. The molecule has 0 bridgehead atoms. The molecule has 9 heteroatoms. The minimum absolute atomic E-state index is 0.000239. The number of unbranched alkanes of at least 4 members (excludes halogenated alkanes) is 1. The van der Waals surface area contributed by atoms with E-state index in [0.717, 1.165) is 18.4 Å². The van der Waals surface area contributed by atoms with Crippen molar-refractivity contribution in [2.75, 3.05) is 24.4 Å². The number of carbonyl (C=O) groups excluding carboxylic acids is 1. The van der Waals surface area contributed by atoms with Gasteiger partial charge in [0.15, 0.2) is 12.3 Å². The second kappa shape index (κ2) is 11.9. The quantitative estimate of drug-likeness (QED) is 0.435. The standard InChI is InChI=1S/C26H32N4O5/c1-4-6-15-29-24(27)23(25(32)28-26(29)33)30(16-19-9-7-8-10-21(19)34-3)22(31)17-35-20-13-11-18(5-2)12-14-20/h7-14H,4-6,15-17,27H2,1-3H3,(H,28,32,33). The molecular formula is C26H32N4O5. The lowest BCUT2D eigenvalue weighted by molar-refractivity contribution is -0.120. The van der Waals surface area contributed by atoms with Crippen LogP contribution in [0.15, 0.2) is 58.1 Å². The molecule has 3 N–H and O–H groups in total. The average molecular weight is 481 g/mol. The number of methoxy groups -OCH3 is 1. The first-order valence-electron chi connectivity index (χ1n) is 11.7. The van der Waals surface area contributed by atoms with Crippen molar-refractivity contribution >= 4 is 17.4 Å². The number of aromatic amines is 1. The molecule has 9 nitrogen and oxygen atoms in total. The van der Waals surface area contributed by atoms with Gasteiger partial charge in [-0.25, -0.2) is 4.79 Å². The lowest BCUT2D eigenvalue weighted by Gasteiger charge is -2.25. The van der Waals surface area contributed by atoms with Gasteiger partial charge in [-0.2, -0.15) is 0 Å². The molecule has 0 atom stereocenters. The minimum atomic E-state index is -0.740. The zero-order valence-corrected chi connectivity index (χ0v) is 20.4. The molecule has 0 aliphatic carbocycles. The summed E-state index contributed by atoms with van der Waals surface area (Å²) in [5, 5.41) is 0. The van der Waals surface area contributed by atoms with Crippen LogP contribution in [0.3, 0.4) is 0 Å². The number of nitrogens with two attached hydrogens (primary N) is 1. The van der Waals surface area contributed by atoms with Gasteiger partial charge >= 0.3 is 5.69 Å². The van der Waals surface area contributed by atoms with Crippen molar-refractivity contribution < 1.29 is 14.3 Å². The zero-order chi connectivity index (χ0) is 25.4. The van der Waals surface area contributed by atoms with E-state index < -0.39 is 17.2 Å². The molecule has 0 fully saturated rings. The molecule has 0 saturated heterocycles. The molecule has 0 aliphatic rings. The number of H-pyrrole nitrogens is 1. The van der Waals surface area contributed by atoms with Crippen LogP contribution < -0.4 is 31.4 Å². The summed E-state index contributed by atoms with van der Waals surface area (Å²) in [6.45, 7) is 4.03. The Labute approximate surface area is 204 Å². The van der Waals surface area contributed by atoms with E-state index in [1.54, 1.807) is 24.3 Å². The van der Waals surface area contributed by atoms with Gasteiger partial charge < -0.3 is 15.2 Å². The first kappa shape index (κ1) is 25.6. The summed E-state index contributed by atoms with van der Waals surface area (Å²) in [5.74, 6) is 0.523. The Hall–Kier alpha value is -4.01. The van der Waals surface area contributed by atoms with Crippen LogP contribution in [0, 0.1) is 0 Å². The van der Waals surface area contributed by atoms with Crippen LogP contribution in [-0.4, -0.2) is 29.2 Å². The van der Waals surface area contributed by atoms with Crippen LogP contribution in [0.1, 0.15) is 37.8 Å². The zero-order valence-electron chi connectivity index (χ0n) is 20.4. The molecule has 0 unspecified atom stereocenters. The number of hydrogen-bond donors (Lipinski definition) is 2. The summed E-state index contributed by atoms with van der Waals surface area (Å²) in [7, 11) is 1.53. The third-order valence-electron chi connectivity index (χ3n) is 5.74. The first-order valence-corrected chi connectivity index (χ1v) is 11.7. The number of nitrogens with one attached hydrogen (secondary N) is 1. The largest absolute Gasteiger partial charge is 0.496 e. The number of nitrogens with zero attached hydrogens (tertiary/aromatic N) is 2. The number of aromatic nitrogens is 2. The Morgan fingerprint density at radius 1 is 1.09 bits per heavy atom. The molecule has 186 valence electrons. The normalized spacial score (nSPS) is 10.7. The van der Waals surface area contributed by atoms with Crippen molar-refractivity contribution in [3.05, 3.63) is 80.5 Å². The van der Waals surface area contributed by atoms with Crippen molar-refractivity contribution in [2.45, 2.75) is 46.2 Å². The van der Waals surface area contributed by atoms with Crippen molar-refractivity contribution in [3.8, 4) is 11.5 Å². The highest BCUT2D eigenvalue weighted by Crippen LogP contribution is 2.25. The third kappa shape index (κ3) is 6.11. The number of amides is 1. The number of nitrogen functional groups attached to an aromatic ring is 1. The number of rotatable bonds is 11. The van der Waals surface area contributed by atoms with E-state index in [1.165, 1.54) is 16.6 Å². The maximum absolute atomic E-state index is 13.4. The average Bonchev–Trinajstić information content (AvgIpc) is 2.87. The topological polar surface area (TPSA) is 120 Å². The summed E-state index contributed by atoms with van der Waals surface area (Å²) in [4.78, 5) is 42.3. The highest BCUT2D eigenvalue weighted by molar-refractivity contribution is 5.96. The van der Waals surface area contributed by atoms with Gasteiger partial charge in [0.25, 0.3) is 11.5 Å². The Balaban J connectivity index is 2.00. The van der Waals surface area contributed by atoms with Gasteiger partial charge in [0.05, 0.1) is 13.7 Å². The first-order chi connectivity index (χ1) is 16.9. The summed E-state index contributed by atoms with van der Waals surface area (Å²) >= 11 is 0. The lowest BCUT2D eigenvalue weighted by atomic mass is 10.1. The van der Waals surface area contributed by atoms with Gasteiger partial charge in [0, 0.05) is 12.1 Å². The SMILES string of the molecule is CCCCn1c(N)c(N(Cc2ccccc2OC)C(=O)COc2ccc(CC)cc2)c(=O)[nH]c1=O. The fraction of sp³-hybridized carbons (Fsp3) is 0.346. The van der Waals surface area contributed by atoms with E-state index in [4.69, 9.17) is 15.2 Å². The van der Waals surface area contributed by atoms with Crippen molar-refractivity contribution in [1.82, 2.24) is 9.55 Å². The number of carbonyl (C=O) groups is 1. The highest BCUT2D eigenvalue weighted by atomic mass is 16.5. The van der Waals surface area contributed by atoms with E-state index in [2.05, 4.69) is 11.9 Å². The fourth-order valence-corrected chi connectivity index (χ4v) is 3.72. The molecule has 3 rings (SSSR count). The number of anilines is 2. The monoisotopic (exact) mass is 480 g/mol. The number of benzene rings is 2. The van der Waals surface area contributed by atoms with Gasteiger partial charge in [-0.3, -0.25) is 24.0 Å². The third-order valence-corrected chi connectivity index (χ3v) is 5.74. The van der Waals surface area contributed by atoms with Gasteiger partial charge in [-0.15, -0.1) is 0 Å².